The number of ether oxygens (including phenoxy) is 2. The van der Waals surface area contributed by atoms with Crippen molar-refractivity contribution in [1.29, 1.82) is 0 Å². The van der Waals surface area contributed by atoms with Gasteiger partial charge in [0.1, 0.15) is 5.60 Å². The molecule has 1 aromatic heterocycles. The molecule has 7 nitrogen and oxygen atoms in total. The summed E-state index contributed by atoms with van der Waals surface area (Å²) in [5, 5.41) is 0. The second-order valence-corrected chi connectivity index (χ2v) is 11.9. The van der Waals surface area contributed by atoms with Crippen LogP contribution in [0.5, 0.6) is 0 Å². The molecule has 2 aromatic rings. The average Bonchev–Trinajstić information content (AvgIpc) is 2.77. The third-order valence-electron chi connectivity index (χ3n) is 5.57. The van der Waals surface area contributed by atoms with Gasteiger partial charge in [-0.1, -0.05) is 12.1 Å². The number of benzene rings is 1. The van der Waals surface area contributed by atoms with Crippen molar-refractivity contribution in [1.82, 2.24) is 9.97 Å². The summed E-state index contributed by atoms with van der Waals surface area (Å²) in [5.41, 5.74) is 0.698. The summed E-state index contributed by atoms with van der Waals surface area (Å²) in [6, 6.07) is 6.02. The van der Waals surface area contributed by atoms with Crippen molar-refractivity contribution in [2.75, 3.05) is 13.2 Å². The highest BCUT2D eigenvalue weighted by molar-refractivity contribution is 7.93. The van der Waals surface area contributed by atoms with Gasteiger partial charge in [-0.2, -0.15) is 0 Å². The average molecular weight is 497 g/mol. The van der Waals surface area contributed by atoms with Crippen LogP contribution < -0.4 is 0 Å². The summed E-state index contributed by atoms with van der Waals surface area (Å²) in [5.74, 6) is -3.55. The van der Waals surface area contributed by atoms with Gasteiger partial charge in [-0.3, -0.25) is 14.8 Å². The van der Waals surface area contributed by atoms with Crippen LogP contribution in [0.2, 0.25) is 0 Å². The monoisotopic (exact) mass is 496 g/mol. The van der Waals surface area contributed by atoms with Gasteiger partial charge in [-0.15, -0.1) is 0 Å². The molecule has 34 heavy (non-hydrogen) atoms. The van der Waals surface area contributed by atoms with Crippen LogP contribution >= 0.6 is 0 Å². The van der Waals surface area contributed by atoms with Crippen molar-refractivity contribution in [3.63, 3.8) is 0 Å². The Morgan fingerprint density at radius 2 is 1.68 bits per heavy atom. The zero-order valence-corrected chi connectivity index (χ0v) is 20.6. The van der Waals surface area contributed by atoms with Crippen molar-refractivity contribution in [2.24, 2.45) is 0 Å². The molecule has 0 N–H and O–H groups in total. The lowest BCUT2D eigenvalue weighted by Crippen LogP contribution is -2.53. The van der Waals surface area contributed by atoms with E-state index in [1.165, 1.54) is 24.5 Å². The lowest BCUT2D eigenvalue weighted by molar-refractivity contribution is -0.160. The lowest BCUT2D eigenvalue weighted by Gasteiger charge is -2.36. The molecule has 0 aliphatic carbocycles. The second-order valence-electron chi connectivity index (χ2n) is 9.60. The Balaban J connectivity index is 1.85. The number of alkyl halides is 2. The van der Waals surface area contributed by atoms with Gasteiger partial charge in [0.2, 0.25) is 5.92 Å². The van der Waals surface area contributed by atoms with Crippen LogP contribution in [0.15, 0.2) is 41.6 Å². The highest BCUT2D eigenvalue weighted by Crippen LogP contribution is 2.37. The van der Waals surface area contributed by atoms with Crippen molar-refractivity contribution >= 4 is 15.8 Å². The smallest absolute Gasteiger partial charge is 0.328 e. The topological polar surface area (TPSA) is 95.5 Å². The number of hydrogen-bond donors (Lipinski definition) is 0. The number of aryl methyl sites for hydroxylation is 1. The van der Waals surface area contributed by atoms with E-state index in [0.29, 0.717) is 17.0 Å². The number of esters is 1. The predicted molar refractivity (Wildman–Crippen MR) is 122 cm³/mol. The normalized spacial score (nSPS) is 16.8. The van der Waals surface area contributed by atoms with Crippen LogP contribution in [0.3, 0.4) is 0 Å². The first-order valence-electron chi connectivity index (χ1n) is 11.1. The molecule has 2 heterocycles. The Morgan fingerprint density at radius 1 is 1.06 bits per heavy atom. The number of carbonyl (C=O) groups is 1. The van der Waals surface area contributed by atoms with Gasteiger partial charge in [0.25, 0.3) is 0 Å². The predicted octanol–water partition coefficient (Wildman–Crippen LogP) is 4.40. The minimum Gasteiger partial charge on any atom is -0.459 e. The Kier molecular flexibility index (Phi) is 7.43. The van der Waals surface area contributed by atoms with Gasteiger partial charge in [0, 0.05) is 44.2 Å². The third-order valence-corrected chi connectivity index (χ3v) is 8.07. The molecule has 0 amide bonds. The number of aromatic nitrogens is 2. The van der Waals surface area contributed by atoms with E-state index < -0.39 is 32.1 Å². The minimum atomic E-state index is -4.08. The number of sulfone groups is 1. The molecule has 1 aromatic carbocycles. The third kappa shape index (κ3) is 5.96. The highest BCUT2D eigenvalue weighted by Gasteiger charge is 2.54. The van der Waals surface area contributed by atoms with E-state index in [9.17, 15) is 22.0 Å². The van der Waals surface area contributed by atoms with Gasteiger partial charge in [0.15, 0.2) is 14.6 Å². The van der Waals surface area contributed by atoms with E-state index in [1.807, 2.05) is 0 Å². The number of carbonyl (C=O) groups excluding carboxylic acids is 1. The number of rotatable bonds is 7. The molecule has 0 unspecified atom stereocenters. The van der Waals surface area contributed by atoms with Crippen molar-refractivity contribution in [3.05, 3.63) is 42.4 Å². The molecule has 186 valence electrons. The van der Waals surface area contributed by atoms with E-state index in [2.05, 4.69) is 9.97 Å². The molecule has 0 radical (unpaired) electrons. The van der Waals surface area contributed by atoms with E-state index in [-0.39, 0.29) is 43.8 Å². The zero-order chi connectivity index (χ0) is 25.2. The summed E-state index contributed by atoms with van der Waals surface area (Å²) >= 11 is 0. The lowest BCUT2D eigenvalue weighted by atomic mass is 9.99. The fraction of sp³-hybridized carbons (Fsp3) is 0.542. The molecular formula is C24H30F2N2O5S. The first-order valence-corrected chi connectivity index (χ1v) is 12.6. The first kappa shape index (κ1) is 26.2. The minimum absolute atomic E-state index is 0.00114. The molecule has 1 aliphatic rings. The summed E-state index contributed by atoms with van der Waals surface area (Å²) in [6.07, 6.45) is 2.70. The molecule has 0 atom stereocenters. The van der Waals surface area contributed by atoms with E-state index in [4.69, 9.17) is 9.47 Å². The second kappa shape index (κ2) is 9.65. The Labute approximate surface area is 198 Å². The molecule has 1 saturated heterocycles. The quantitative estimate of drug-likeness (QED) is 0.525. The summed E-state index contributed by atoms with van der Waals surface area (Å²) < 4.78 is 62.5. The first-order chi connectivity index (χ1) is 15.7. The number of hydrogen-bond acceptors (Lipinski definition) is 7. The highest BCUT2D eigenvalue weighted by atomic mass is 32.2. The summed E-state index contributed by atoms with van der Waals surface area (Å²) in [6.45, 7) is 6.22. The van der Waals surface area contributed by atoms with Gasteiger partial charge in [-0.25, -0.2) is 17.2 Å². The molecule has 1 aliphatic heterocycles. The van der Waals surface area contributed by atoms with Crippen LogP contribution in [0, 0.1) is 0 Å². The van der Waals surface area contributed by atoms with E-state index in [0.717, 1.165) is 6.92 Å². The van der Waals surface area contributed by atoms with E-state index >= 15 is 0 Å². The van der Waals surface area contributed by atoms with Crippen LogP contribution in [0.1, 0.15) is 52.7 Å². The van der Waals surface area contributed by atoms with Crippen LogP contribution in [0.25, 0.3) is 11.3 Å². The van der Waals surface area contributed by atoms with E-state index in [1.54, 1.807) is 32.9 Å². The molecule has 3 rings (SSSR count). The fourth-order valence-electron chi connectivity index (χ4n) is 3.67. The van der Waals surface area contributed by atoms with Crippen LogP contribution in [0.4, 0.5) is 8.78 Å². The maximum Gasteiger partial charge on any atom is 0.328 e. The molecule has 0 saturated carbocycles. The summed E-state index contributed by atoms with van der Waals surface area (Å²) in [4.78, 5) is 21.5. The van der Waals surface area contributed by atoms with Crippen LogP contribution in [-0.2, 0) is 30.5 Å². The Bertz CT molecular complexity index is 1100. The SMILES string of the molecule is CC(F)(F)CCc1cnc(-c2ccc(S(=O)(=O)C3(C(=O)OC(C)(C)C)CCOCC3)cc2)cn1. The Hall–Kier alpha value is -2.46. The van der Waals surface area contributed by atoms with Gasteiger partial charge in [0.05, 0.1) is 22.5 Å². The molecule has 1 fully saturated rings. The van der Waals surface area contributed by atoms with Crippen LogP contribution in [-0.4, -0.2) is 53.8 Å². The maximum absolute atomic E-state index is 13.6. The molecule has 0 bridgehead atoms. The molecule has 10 heteroatoms. The van der Waals surface area contributed by atoms with Gasteiger partial charge >= 0.3 is 5.97 Å². The molecule has 0 spiro atoms. The van der Waals surface area contributed by atoms with Crippen molar-refractivity contribution in [2.45, 2.75) is 74.5 Å². The number of nitrogens with zero attached hydrogens (tertiary/aromatic N) is 2. The zero-order valence-electron chi connectivity index (χ0n) is 19.8. The maximum atomic E-state index is 13.6. The van der Waals surface area contributed by atoms with Crippen molar-refractivity contribution < 1.29 is 31.5 Å². The van der Waals surface area contributed by atoms with Gasteiger partial charge in [-0.05, 0) is 46.2 Å². The Morgan fingerprint density at radius 3 is 2.18 bits per heavy atom. The number of halogens is 2. The standard InChI is InChI=1S/C24H30F2N2O5S/c1-22(2,3)33-21(29)24(11-13-32-14-12-24)34(30,31)19-7-5-17(6-8-19)20-16-27-18(15-28-20)9-10-23(4,25)26/h5-8,15-16H,9-14H2,1-4H3. The summed E-state index contributed by atoms with van der Waals surface area (Å²) in [7, 11) is -4.08. The fourth-order valence-corrected chi connectivity index (χ4v) is 5.58. The molecular weight excluding hydrogens is 466 g/mol. The van der Waals surface area contributed by atoms with Crippen molar-refractivity contribution in [3.8, 4) is 11.3 Å². The van der Waals surface area contributed by atoms with Gasteiger partial charge < -0.3 is 9.47 Å². The largest absolute Gasteiger partial charge is 0.459 e.